The van der Waals surface area contributed by atoms with E-state index in [4.69, 9.17) is 5.73 Å². The summed E-state index contributed by atoms with van der Waals surface area (Å²) in [4.78, 5) is 27.7. The molecule has 1 aromatic heterocycles. The van der Waals surface area contributed by atoms with Crippen LogP contribution in [0.2, 0.25) is 0 Å². The Hall–Kier alpha value is -2.27. The first-order valence-corrected chi connectivity index (χ1v) is 7.48. The van der Waals surface area contributed by atoms with Crippen molar-refractivity contribution in [2.24, 2.45) is 5.73 Å². The normalized spacial score (nSPS) is 11.8. The van der Waals surface area contributed by atoms with Crippen molar-refractivity contribution in [3.63, 3.8) is 0 Å². The summed E-state index contributed by atoms with van der Waals surface area (Å²) >= 11 is 2.28. The van der Waals surface area contributed by atoms with Crippen molar-refractivity contribution in [2.75, 3.05) is 0 Å². The van der Waals surface area contributed by atoms with Crippen molar-refractivity contribution in [1.29, 1.82) is 0 Å². The summed E-state index contributed by atoms with van der Waals surface area (Å²) in [7, 11) is 0. The van der Waals surface area contributed by atoms with Crippen LogP contribution in [0.3, 0.4) is 0 Å². The van der Waals surface area contributed by atoms with Gasteiger partial charge in [-0.25, -0.2) is 4.39 Å². The molecule has 0 fully saturated rings. The molecule has 2 aromatic rings. The number of rotatable bonds is 5. The van der Waals surface area contributed by atoms with Crippen LogP contribution in [0.25, 0.3) is 0 Å². The van der Waals surface area contributed by atoms with Crippen LogP contribution in [-0.4, -0.2) is 33.7 Å². The Kier molecular flexibility index (Phi) is 5.44. The summed E-state index contributed by atoms with van der Waals surface area (Å²) in [5.41, 5.74) is 5.93. The van der Waals surface area contributed by atoms with Crippen molar-refractivity contribution >= 4 is 33.1 Å². The molecule has 1 atom stereocenters. The van der Waals surface area contributed by atoms with Crippen LogP contribution in [0.4, 0.5) is 8.78 Å². The van der Waals surface area contributed by atoms with Crippen LogP contribution in [0.1, 0.15) is 17.0 Å². The minimum absolute atomic E-state index is 0.00627. The Labute approximate surface area is 139 Å². The first-order valence-electron chi connectivity index (χ1n) is 6.54. The molecule has 0 aliphatic rings. The van der Waals surface area contributed by atoms with Gasteiger partial charge in [0.1, 0.15) is 0 Å². The van der Waals surface area contributed by atoms with Crippen LogP contribution in [0, 0.1) is 11.6 Å². The molecular weight excluding hydrogens is 367 g/mol. The molecule has 0 saturated heterocycles. The van der Waals surface area contributed by atoms with Crippen LogP contribution < -0.4 is 15.5 Å². The first-order chi connectivity index (χ1) is 10.9. The van der Waals surface area contributed by atoms with Crippen molar-refractivity contribution in [3.05, 3.63) is 59.3 Å². The fraction of sp³-hybridized carbons (Fsp3) is 0.133. The molecule has 2 amide bonds. The monoisotopic (exact) mass is 379 g/mol. The van der Waals surface area contributed by atoms with Gasteiger partial charge in [-0.15, -0.1) is 0 Å². The molecule has 2 radical (unpaired) electrons. The molecule has 0 aliphatic heterocycles. The molecule has 0 saturated carbocycles. The molecule has 8 heteroatoms. The number of carbonyl (C=O) groups excluding carboxylic acids is 2. The number of amides is 2. The Morgan fingerprint density at radius 2 is 1.96 bits per heavy atom. The quantitative estimate of drug-likeness (QED) is 0.568. The van der Waals surface area contributed by atoms with Crippen LogP contribution in [0.5, 0.6) is 0 Å². The molecule has 0 unspecified atom stereocenters. The third-order valence-corrected chi connectivity index (χ3v) is 3.65. The third kappa shape index (κ3) is 4.36. The summed E-state index contributed by atoms with van der Waals surface area (Å²) in [5.74, 6) is -5.27. The van der Waals surface area contributed by atoms with Gasteiger partial charge in [-0.3, -0.25) is 0 Å². The van der Waals surface area contributed by atoms with Crippen LogP contribution >= 0.6 is 0 Å². The first kappa shape index (κ1) is 17.1. The van der Waals surface area contributed by atoms with Crippen LogP contribution in [-0.2, 0) is 16.1 Å². The number of halogens is 2. The second kappa shape index (κ2) is 7.33. The number of hydrogen-bond acceptors (Lipinski definition) is 3. The predicted molar refractivity (Wildman–Crippen MR) is 79.8 cm³/mol. The summed E-state index contributed by atoms with van der Waals surface area (Å²) in [6.07, 6.45) is 1.57. The SMILES string of the molecule is NC(=O)[C@@H](C(=O)NCc1ccc([As])nc1)c1ccc(F)c(F)c1. The summed E-state index contributed by atoms with van der Waals surface area (Å²) in [6, 6.07) is 6.30. The van der Waals surface area contributed by atoms with E-state index in [1.54, 1.807) is 18.3 Å². The fourth-order valence-corrected chi connectivity index (χ4v) is 2.23. The Morgan fingerprint density at radius 1 is 1.22 bits per heavy atom. The molecule has 0 bridgehead atoms. The van der Waals surface area contributed by atoms with Gasteiger partial charge in [0.15, 0.2) is 0 Å². The molecular formula is C15H12AsF2N3O2. The molecule has 0 aliphatic carbocycles. The van der Waals surface area contributed by atoms with Crippen molar-refractivity contribution in [1.82, 2.24) is 10.3 Å². The van der Waals surface area contributed by atoms with Gasteiger partial charge in [-0.05, 0) is 0 Å². The number of nitrogens with one attached hydrogen (secondary N) is 1. The second-order valence-electron chi connectivity index (χ2n) is 4.75. The fourth-order valence-electron chi connectivity index (χ4n) is 1.95. The second-order valence-corrected chi connectivity index (χ2v) is 5.71. The average Bonchev–Trinajstić information content (AvgIpc) is 2.50. The number of primary amides is 1. The zero-order valence-corrected chi connectivity index (χ0v) is 13.7. The topological polar surface area (TPSA) is 85.1 Å². The predicted octanol–water partition coefficient (Wildman–Crippen LogP) is 0.0389. The Morgan fingerprint density at radius 3 is 2.52 bits per heavy atom. The number of aromatic nitrogens is 1. The number of benzene rings is 1. The maximum absolute atomic E-state index is 13.3. The van der Waals surface area contributed by atoms with E-state index < -0.39 is 29.4 Å². The molecule has 3 N–H and O–H groups in total. The van der Waals surface area contributed by atoms with Gasteiger partial charge in [0.25, 0.3) is 0 Å². The number of hydrogen-bond donors (Lipinski definition) is 2. The minimum atomic E-state index is -1.40. The van der Waals surface area contributed by atoms with E-state index in [1.807, 2.05) is 0 Å². The number of carbonyl (C=O) groups is 2. The molecule has 118 valence electrons. The number of nitrogens with zero attached hydrogens (tertiary/aromatic N) is 1. The van der Waals surface area contributed by atoms with Crippen molar-refractivity contribution in [2.45, 2.75) is 12.5 Å². The summed E-state index contributed by atoms with van der Waals surface area (Å²) in [5, 5.41) is 2.53. The van der Waals surface area contributed by atoms with E-state index in [0.29, 0.717) is 0 Å². The third-order valence-electron chi connectivity index (χ3n) is 3.10. The maximum atomic E-state index is 13.3. The van der Waals surface area contributed by atoms with E-state index in [1.165, 1.54) is 0 Å². The van der Waals surface area contributed by atoms with Crippen molar-refractivity contribution < 1.29 is 18.4 Å². The average molecular weight is 379 g/mol. The Balaban J connectivity index is 2.13. The molecule has 2 rings (SSSR count). The number of pyridine rings is 1. The Bertz CT molecular complexity index is 738. The van der Waals surface area contributed by atoms with Gasteiger partial charge in [-0.1, -0.05) is 0 Å². The van der Waals surface area contributed by atoms with Gasteiger partial charge >= 0.3 is 135 Å². The molecule has 1 heterocycles. The zero-order chi connectivity index (χ0) is 17.0. The van der Waals surface area contributed by atoms with Crippen molar-refractivity contribution in [3.8, 4) is 0 Å². The zero-order valence-electron chi connectivity index (χ0n) is 11.8. The van der Waals surface area contributed by atoms with E-state index >= 15 is 0 Å². The van der Waals surface area contributed by atoms with E-state index in [-0.39, 0.29) is 12.1 Å². The van der Waals surface area contributed by atoms with E-state index in [2.05, 4.69) is 27.2 Å². The van der Waals surface area contributed by atoms with Gasteiger partial charge in [-0.2, -0.15) is 0 Å². The summed E-state index contributed by atoms with van der Waals surface area (Å²) < 4.78 is 27.0. The molecule has 1 aromatic carbocycles. The van der Waals surface area contributed by atoms with Gasteiger partial charge in [0.05, 0.1) is 0 Å². The number of nitrogens with two attached hydrogens (primary N) is 1. The van der Waals surface area contributed by atoms with Gasteiger partial charge < -0.3 is 0 Å². The van der Waals surface area contributed by atoms with Gasteiger partial charge in [0.2, 0.25) is 0 Å². The van der Waals surface area contributed by atoms with E-state index in [9.17, 15) is 18.4 Å². The van der Waals surface area contributed by atoms with Gasteiger partial charge in [0, 0.05) is 0 Å². The summed E-state index contributed by atoms with van der Waals surface area (Å²) in [6.45, 7) is 0.132. The van der Waals surface area contributed by atoms with Crippen LogP contribution in [0.15, 0.2) is 36.5 Å². The standard InChI is InChI=1S/C15H12AsF2N3O2/c16-12-4-1-8(6-20-12)7-21-15(23)13(14(19)22)9-2-3-10(17)11(18)5-9/h1-6,13H,7H2,(H2,19,22)(H,21,23)/t13-/m0/s1. The molecule has 23 heavy (non-hydrogen) atoms. The molecule has 5 nitrogen and oxygen atoms in total. The van der Waals surface area contributed by atoms with E-state index in [0.717, 1.165) is 28.2 Å². The molecule has 0 spiro atoms.